The number of ether oxygens (including phenoxy) is 2. The average Bonchev–Trinajstić information content (AvgIpc) is 3.25. The molecule has 3 rings (SSSR count). The predicted octanol–water partition coefficient (Wildman–Crippen LogP) is 1.62. The molecule has 1 aromatic carbocycles. The SMILES string of the molecule is COc1ccc(-n2nnc(CN)c2C2CC2)c(OC)c1. The van der Waals surface area contributed by atoms with Crippen LogP contribution in [-0.2, 0) is 6.54 Å². The van der Waals surface area contributed by atoms with E-state index in [-0.39, 0.29) is 0 Å². The molecule has 1 aliphatic carbocycles. The fourth-order valence-corrected chi connectivity index (χ4v) is 2.37. The highest BCUT2D eigenvalue weighted by molar-refractivity contribution is 5.51. The Hall–Kier alpha value is -2.08. The van der Waals surface area contributed by atoms with E-state index in [1.807, 2.05) is 22.9 Å². The Morgan fingerprint density at radius 2 is 2.10 bits per heavy atom. The van der Waals surface area contributed by atoms with Crippen molar-refractivity contribution in [1.29, 1.82) is 0 Å². The summed E-state index contributed by atoms with van der Waals surface area (Å²) in [7, 11) is 3.27. The van der Waals surface area contributed by atoms with E-state index < -0.39 is 0 Å². The molecule has 106 valence electrons. The number of hydrogen-bond donors (Lipinski definition) is 1. The van der Waals surface area contributed by atoms with Crippen LogP contribution in [0.3, 0.4) is 0 Å². The molecule has 1 heterocycles. The van der Waals surface area contributed by atoms with Crippen molar-refractivity contribution in [2.45, 2.75) is 25.3 Å². The standard InChI is InChI=1S/C14H18N4O2/c1-19-10-5-6-12(13(7-10)20-2)18-14(9-3-4-9)11(8-15)16-17-18/h5-7,9H,3-4,8,15H2,1-2H3. The quantitative estimate of drug-likeness (QED) is 0.896. The minimum atomic E-state index is 0.407. The van der Waals surface area contributed by atoms with Gasteiger partial charge in [-0.2, -0.15) is 0 Å². The second-order valence-corrected chi connectivity index (χ2v) is 4.85. The summed E-state index contributed by atoms with van der Waals surface area (Å²) in [5.74, 6) is 1.97. The first-order valence-corrected chi connectivity index (χ1v) is 6.65. The molecular weight excluding hydrogens is 256 g/mol. The highest BCUT2D eigenvalue weighted by atomic mass is 16.5. The van der Waals surface area contributed by atoms with E-state index in [1.54, 1.807) is 14.2 Å². The monoisotopic (exact) mass is 274 g/mol. The topological polar surface area (TPSA) is 75.2 Å². The molecule has 0 unspecified atom stereocenters. The van der Waals surface area contributed by atoms with Crippen molar-refractivity contribution >= 4 is 0 Å². The summed E-state index contributed by atoms with van der Waals surface area (Å²) in [5.41, 5.74) is 8.59. The second kappa shape index (κ2) is 5.13. The number of rotatable bonds is 5. The first-order valence-electron chi connectivity index (χ1n) is 6.65. The highest BCUT2D eigenvalue weighted by Gasteiger charge is 2.32. The molecule has 1 saturated carbocycles. The van der Waals surface area contributed by atoms with Gasteiger partial charge in [0.25, 0.3) is 0 Å². The van der Waals surface area contributed by atoms with Gasteiger partial charge < -0.3 is 15.2 Å². The van der Waals surface area contributed by atoms with E-state index in [1.165, 1.54) is 12.8 Å². The van der Waals surface area contributed by atoms with Crippen LogP contribution in [0.1, 0.15) is 30.1 Å². The third-order valence-corrected chi connectivity index (χ3v) is 3.55. The summed E-state index contributed by atoms with van der Waals surface area (Å²) >= 11 is 0. The Labute approximate surface area is 117 Å². The van der Waals surface area contributed by atoms with Crippen molar-refractivity contribution in [2.75, 3.05) is 14.2 Å². The Morgan fingerprint density at radius 1 is 1.30 bits per heavy atom. The highest BCUT2D eigenvalue weighted by Crippen LogP contribution is 2.42. The molecule has 20 heavy (non-hydrogen) atoms. The maximum Gasteiger partial charge on any atom is 0.148 e. The van der Waals surface area contributed by atoms with Gasteiger partial charge in [0, 0.05) is 18.5 Å². The van der Waals surface area contributed by atoms with Crippen LogP contribution in [0.15, 0.2) is 18.2 Å². The van der Waals surface area contributed by atoms with Gasteiger partial charge in [0.2, 0.25) is 0 Å². The number of nitrogens with two attached hydrogens (primary N) is 1. The molecule has 6 heteroatoms. The predicted molar refractivity (Wildman–Crippen MR) is 74.3 cm³/mol. The minimum absolute atomic E-state index is 0.407. The molecule has 2 aromatic rings. The lowest BCUT2D eigenvalue weighted by molar-refractivity contribution is 0.392. The summed E-state index contributed by atoms with van der Waals surface area (Å²) in [6.07, 6.45) is 2.33. The van der Waals surface area contributed by atoms with E-state index in [9.17, 15) is 0 Å². The first kappa shape index (κ1) is 12.9. The molecule has 0 aliphatic heterocycles. The first-order chi connectivity index (χ1) is 9.78. The Balaban J connectivity index is 2.11. The molecule has 0 radical (unpaired) electrons. The summed E-state index contributed by atoms with van der Waals surface area (Å²) in [6, 6.07) is 5.66. The number of nitrogens with zero attached hydrogens (tertiary/aromatic N) is 3. The van der Waals surface area contributed by atoms with Gasteiger partial charge in [0.15, 0.2) is 0 Å². The molecule has 1 aromatic heterocycles. The van der Waals surface area contributed by atoms with E-state index in [4.69, 9.17) is 15.2 Å². The summed E-state index contributed by atoms with van der Waals surface area (Å²) in [6.45, 7) is 0.407. The van der Waals surface area contributed by atoms with Crippen molar-refractivity contribution in [3.63, 3.8) is 0 Å². The van der Waals surface area contributed by atoms with Gasteiger partial charge in [-0.3, -0.25) is 0 Å². The minimum Gasteiger partial charge on any atom is -0.497 e. The van der Waals surface area contributed by atoms with Crippen molar-refractivity contribution in [2.24, 2.45) is 5.73 Å². The maximum atomic E-state index is 5.76. The summed E-state index contributed by atoms with van der Waals surface area (Å²) in [5, 5.41) is 8.44. The molecular formula is C14H18N4O2. The van der Waals surface area contributed by atoms with Gasteiger partial charge in [-0.1, -0.05) is 5.21 Å². The lowest BCUT2D eigenvalue weighted by atomic mass is 10.2. The average molecular weight is 274 g/mol. The van der Waals surface area contributed by atoms with E-state index in [2.05, 4.69) is 10.3 Å². The molecule has 0 spiro atoms. The Kier molecular flexibility index (Phi) is 3.31. The molecule has 0 bridgehead atoms. The van der Waals surface area contributed by atoms with Gasteiger partial charge in [-0.05, 0) is 25.0 Å². The lowest BCUT2D eigenvalue weighted by Gasteiger charge is -2.12. The molecule has 0 saturated heterocycles. The zero-order valence-corrected chi connectivity index (χ0v) is 11.7. The second-order valence-electron chi connectivity index (χ2n) is 4.85. The van der Waals surface area contributed by atoms with Gasteiger partial charge in [-0.25, -0.2) is 4.68 Å². The fourth-order valence-electron chi connectivity index (χ4n) is 2.37. The van der Waals surface area contributed by atoms with Crippen molar-refractivity contribution in [3.05, 3.63) is 29.6 Å². The molecule has 0 amide bonds. The molecule has 1 aliphatic rings. The van der Waals surface area contributed by atoms with E-state index in [0.29, 0.717) is 18.2 Å². The number of aromatic nitrogens is 3. The van der Waals surface area contributed by atoms with Crippen molar-refractivity contribution < 1.29 is 9.47 Å². The molecule has 0 atom stereocenters. The summed E-state index contributed by atoms with van der Waals surface area (Å²) in [4.78, 5) is 0. The fraction of sp³-hybridized carbons (Fsp3) is 0.429. The Morgan fingerprint density at radius 3 is 2.70 bits per heavy atom. The van der Waals surface area contributed by atoms with Gasteiger partial charge in [0.1, 0.15) is 22.9 Å². The normalized spacial score (nSPS) is 14.3. The van der Waals surface area contributed by atoms with Crippen LogP contribution in [0.2, 0.25) is 0 Å². The van der Waals surface area contributed by atoms with Gasteiger partial charge >= 0.3 is 0 Å². The number of methoxy groups -OCH3 is 2. The van der Waals surface area contributed by atoms with Crippen LogP contribution in [0, 0.1) is 0 Å². The Bertz CT molecular complexity index is 620. The summed E-state index contributed by atoms with van der Waals surface area (Å²) < 4.78 is 12.5. The van der Waals surface area contributed by atoms with Crippen LogP contribution in [0.4, 0.5) is 0 Å². The number of benzene rings is 1. The van der Waals surface area contributed by atoms with Crippen molar-refractivity contribution in [1.82, 2.24) is 15.0 Å². The van der Waals surface area contributed by atoms with Crippen LogP contribution in [-0.4, -0.2) is 29.2 Å². The van der Waals surface area contributed by atoms with Gasteiger partial charge in [-0.15, -0.1) is 5.10 Å². The third kappa shape index (κ3) is 2.12. The third-order valence-electron chi connectivity index (χ3n) is 3.55. The lowest BCUT2D eigenvalue weighted by Crippen LogP contribution is -2.06. The van der Waals surface area contributed by atoms with Crippen LogP contribution in [0.5, 0.6) is 11.5 Å². The molecule has 2 N–H and O–H groups in total. The van der Waals surface area contributed by atoms with Crippen LogP contribution in [0.25, 0.3) is 5.69 Å². The van der Waals surface area contributed by atoms with Crippen molar-refractivity contribution in [3.8, 4) is 17.2 Å². The maximum absolute atomic E-state index is 5.76. The zero-order chi connectivity index (χ0) is 14.1. The molecule has 1 fully saturated rings. The van der Waals surface area contributed by atoms with E-state index in [0.717, 1.165) is 22.8 Å². The largest absolute Gasteiger partial charge is 0.497 e. The van der Waals surface area contributed by atoms with Crippen LogP contribution < -0.4 is 15.2 Å². The van der Waals surface area contributed by atoms with Crippen LogP contribution >= 0.6 is 0 Å². The molecule has 6 nitrogen and oxygen atoms in total. The van der Waals surface area contributed by atoms with Gasteiger partial charge in [0.05, 0.1) is 19.9 Å². The number of hydrogen-bond acceptors (Lipinski definition) is 5. The zero-order valence-electron chi connectivity index (χ0n) is 11.7. The smallest absolute Gasteiger partial charge is 0.148 e. The van der Waals surface area contributed by atoms with E-state index >= 15 is 0 Å².